The summed E-state index contributed by atoms with van der Waals surface area (Å²) in [4.78, 5) is 11.6. The van der Waals surface area contributed by atoms with E-state index in [1.807, 2.05) is 31.2 Å². The Kier molecular flexibility index (Phi) is 5.02. The van der Waals surface area contributed by atoms with Crippen LogP contribution in [0.1, 0.15) is 26.3 Å². The SMILES string of the molecule is CC(=O)N[C@H]1[C@H](Oc2ccc(C)cc2)O[C@@H]2COC(C)(C)O[C@H]2[C@@H]1O. The molecule has 0 aromatic heterocycles. The maximum absolute atomic E-state index is 11.6. The molecule has 0 saturated carbocycles. The molecule has 2 saturated heterocycles. The summed E-state index contributed by atoms with van der Waals surface area (Å²) >= 11 is 0. The van der Waals surface area contributed by atoms with Crippen LogP contribution < -0.4 is 10.1 Å². The van der Waals surface area contributed by atoms with Crippen LogP contribution in [0.15, 0.2) is 24.3 Å². The Bertz CT molecular complexity index is 616. The summed E-state index contributed by atoms with van der Waals surface area (Å²) in [5, 5.41) is 13.5. The van der Waals surface area contributed by atoms with E-state index in [1.165, 1.54) is 6.92 Å². The third-order valence-electron chi connectivity index (χ3n) is 4.33. The quantitative estimate of drug-likeness (QED) is 0.849. The van der Waals surface area contributed by atoms with E-state index in [9.17, 15) is 9.90 Å². The van der Waals surface area contributed by atoms with Crippen molar-refractivity contribution in [1.29, 1.82) is 0 Å². The topological polar surface area (TPSA) is 86.3 Å². The molecule has 0 spiro atoms. The second-order valence-electron chi connectivity index (χ2n) is 6.98. The molecule has 1 amide bonds. The lowest BCUT2D eigenvalue weighted by Gasteiger charge is -2.49. The molecule has 7 nitrogen and oxygen atoms in total. The molecular weight excluding hydrogens is 326 g/mol. The summed E-state index contributed by atoms with van der Waals surface area (Å²) in [5.41, 5.74) is 1.10. The van der Waals surface area contributed by atoms with E-state index >= 15 is 0 Å². The predicted molar refractivity (Wildman–Crippen MR) is 89.0 cm³/mol. The minimum Gasteiger partial charge on any atom is -0.463 e. The van der Waals surface area contributed by atoms with Gasteiger partial charge >= 0.3 is 0 Å². The monoisotopic (exact) mass is 351 g/mol. The van der Waals surface area contributed by atoms with Crippen LogP contribution >= 0.6 is 0 Å². The van der Waals surface area contributed by atoms with E-state index < -0.39 is 36.4 Å². The molecule has 2 fully saturated rings. The average molecular weight is 351 g/mol. The normalized spacial score (nSPS) is 34.0. The van der Waals surface area contributed by atoms with Crippen molar-refractivity contribution >= 4 is 5.91 Å². The molecule has 5 atom stereocenters. The van der Waals surface area contributed by atoms with Crippen LogP contribution in [-0.4, -0.2) is 54.1 Å². The van der Waals surface area contributed by atoms with Crippen LogP contribution in [-0.2, 0) is 19.0 Å². The maximum Gasteiger partial charge on any atom is 0.223 e. The van der Waals surface area contributed by atoms with Gasteiger partial charge < -0.3 is 29.4 Å². The van der Waals surface area contributed by atoms with Gasteiger partial charge in [0.2, 0.25) is 12.2 Å². The third-order valence-corrected chi connectivity index (χ3v) is 4.33. The molecule has 7 heteroatoms. The molecule has 1 aromatic rings. The van der Waals surface area contributed by atoms with Crippen molar-refractivity contribution in [3.63, 3.8) is 0 Å². The first-order valence-corrected chi connectivity index (χ1v) is 8.41. The highest BCUT2D eigenvalue weighted by molar-refractivity contribution is 5.73. The second kappa shape index (κ2) is 6.92. The summed E-state index contributed by atoms with van der Waals surface area (Å²) in [6, 6.07) is 6.71. The molecule has 1 aromatic carbocycles. The largest absolute Gasteiger partial charge is 0.463 e. The molecule has 0 aliphatic carbocycles. The van der Waals surface area contributed by atoms with Crippen LogP contribution in [0.4, 0.5) is 0 Å². The van der Waals surface area contributed by atoms with Gasteiger partial charge in [0.25, 0.3) is 0 Å². The Balaban J connectivity index is 1.80. The van der Waals surface area contributed by atoms with Crippen LogP contribution in [0.3, 0.4) is 0 Å². The molecule has 25 heavy (non-hydrogen) atoms. The predicted octanol–water partition coefficient (Wildman–Crippen LogP) is 1.12. The highest BCUT2D eigenvalue weighted by atomic mass is 16.8. The number of nitrogens with one attached hydrogen (secondary N) is 1. The Morgan fingerprint density at radius 1 is 1.32 bits per heavy atom. The minimum atomic E-state index is -0.985. The highest BCUT2D eigenvalue weighted by Gasteiger charge is 2.52. The zero-order valence-electron chi connectivity index (χ0n) is 14.9. The summed E-state index contributed by atoms with van der Waals surface area (Å²) in [6.07, 6.45) is -2.93. The zero-order chi connectivity index (χ0) is 18.2. The van der Waals surface area contributed by atoms with E-state index in [4.69, 9.17) is 18.9 Å². The molecule has 2 aliphatic rings. The van der Waals surface area contributed by atoms with Gasteiger partial charge in [0.05, 0.1) is 6.61 Å². The highest BCUT2D eigenvalue weighted by Crippen LogP contribution is 2.33. The number of carbonyl (C=O) groups excluding carboxylic acids is 1. The standard InChI is InChI=1S/C18H25NO6/c1-10-5-7-12(8-6-10)23-17-14(19-11(2)20)15(21)16-13(24-17)9-22-18(3,4)25-16/h5-8,13-17,21H,9H2,1-4H3,(H,19,20)/t13-,14-,15-,16-,17-/m1/s1. The van der Waals surface area contributed by atoms with Crippen LogP contribution in [0.25, 0.3) is 0 Å². The number of ether oxygens (including phenoxy) is 4. The van der Waals surface area contributed by atoms with E-state index in [2.05, 4.69) is 5.32 Å². The number of aryl methyl sites for hydroxylation is 1. The number of aliphatic hydroxyl groups excluding tert-OH is 1. The maximum atomic E-state index is 11.6. The lowest BCUT2D eigenvalue weighted by molar-refractivity contribution is -0.361. The molecule has 138 valence electrons. The van der Waals surface area contributed by atoms with Crippen LogP contribution in [0, 0.1) is 6.92 Å². The van der Waals surface area contributed by atoms with Gasteiger partial charge in [-0.15, -0.1) is 0 Å². The van der Waals surface area contributed by atoms with Crippen LogP contribution in [0.2, 0.25) is 0 Å². The number of hydrogen-bond donors (Lipinski definition) is 2. The number of rotatable bonds is 3. The summed E-state index contributed by atoms with van der Waals surface area (Å²) in [6.45, 7) is 7.19. The molecule has 2 aliphatic heterocycles. The molecule has 2 N–H and O–H groups in total. The van der Waals surface area contributed by atoms with Gasteiger partial charge in [0.1, 0.15) is 30.1 Å². The van der Waals surface area contributed by atoms with Crippen molar-refractivity contribution in [2.45, 2.75) is 64.1 Å². The molecule has 0 radical (unpaired) electrons. The lowest BCUT2D eigenvalue weighted by atomic mass is 9.95. The number of aliphatic hydroxyl groups is 1. The smallest absolute Gasteiger partial charge is 0.223 e. The fourth-order valence-corrected chi connectivity index (χ4v) is 3.08. The first-order valence-electron chi connectivity index (χ1n) is 8.41. The molecule has 0 unspecified atom stereocenters. The Morgan fingerprint density at radius 3 is 2.64 bits per heavy atom. The number of hydrogen-bond acceptors (Lipinski definition) is 6. The minimum absolute atomic E-state index is 0.273. The number of carbonyl (C=O) groups is 1. The van der Waals surface area contributed by atoms with E-state index in [0.29, 0.717) is 5.75 Å². The van der Waals surface area contributed by atoms with Gasteiger partial charge in [-0.05, 0) is 32.9 Å². The first-order chi connectivity index (χ1) is 11.7. The van der Waals surface area contributed by atoms with Gasteiger partial charge in [0.15, 0.2) is 5.79 Å². The van der Waals surface area contributed by atoms with Gasteiger partial charge in [-0.2, -0.15) is 0 Å². The average Bonchev–Trinajstić information content (AvgIpc) is 2.53. The number of fused-ring (bicyclic) bond motifs is 1. The lowest BCUT2D eigenvalue weighted by Crippen LogP contribution is -2.69. The van der Waals surface area contributed by atoms with E-state index in [0.717, 1.165) is 5.56 Å². The van der Waals surface area contributed by atoms with Crippen molar-refractivity contribution in [3.05, 3.63) is 29.8 Å². The molecule has 2 heterocycles. The van der Waals surface area contributed by atoms with Gasteiger partial charge in [-0.3, -0.25) is 4.79 Å². The van der Waals surface area contributed by atoms with Crippen LogP contribution in [0.5, 0.6) is 5.75 Å². The zero-order valence-corrected chi connectivity index (χ0v) is 14.9. The summed E-state index contributed by atoms with van der Waals surface area (Å²) in [5.74, 6) is -0.513. The van der Waals surface area contributed by atoms with E-state index in [1.54, 1.807) is 13.8 Å². The van der Waals surface area contributed by atoms with Crippen molar-refractivity contribution in [3.8, 4) is 5.75 Å². The van der Waals surface area contributed by atoms with Gasteiger partial charge in [0, 0.05) is 6.92 Å². The van der Waals surface area contributed by atoms with Crippen molar-refractivity contribution in [1.82, 2.24) is 5.32 Å². The molecular formula is C18H25NO6. The van der Waals surface area contributed by atoms with E-state index in [-0.39, 0.29) is 12.5 Å². The molecule has 3 rings (SSSR count). The van der Waals surface area contributed by atoms with Crippen molar-refractivity contribution in [2.75, 3.05) is 6.61 Å². The third kappa shape index (κ3) is 4.12. The second-order valence-corrected chi connectivity index (χ2v) is 6.98. The Morgan fingerprint density at radius 2 is 2.00 bits per heavy atom. The summed E-state index contributed by atoms with van der Waals surface area (Å²) < 4.78 is 23.3. The fraction of sp³-hybridized carbons (Fsp3) is 0.611. The molecule has 0 bridgehead atoms. The van der Waals surface area contributed by atoms with Crippen molar-refractivity contribution < 1.29 is 28.8 Å². The van der Waals surface area contributed by atoms with Gasteiger partial charge in [-0.25, -0.2) is 0 Å². The first kappa shape index (κ1) is 18.1. The fourth-order valence-electron chi connectivity index (χ4n) is 3.08. The van der Waals surface area contributed by atoms with Gasteiger partial charge in [-0.1, -0.05) is 17.7 Å². The Labute approximate surface area is 147 Å². The summed E-state index contributed by atoms with van der Waals surface area (Å²) in [7, 11) is 0. The number of amides is 1. The van der Waals surface area contributed by atoms with Crippen molar-refractivity contribution in [2.24, 2.45) is 0 Å². The Hall–Kier alpha value is -1.67. The number of benzene rings is 1.